The molecule has 3 heteroatoms. The zero-order valence-electron chi connectivity index (χ0n) is 13.4. The van der Waals surface area contributed by atoms with Crippen LogP contribution in [0.15, 0.2) is 36.5 Å². The van der Waals surface area contributed by atoms with Crippen LogP contribution >= 0.6 is 0 Å². The summed E-state index contributed by atoms with van der Waals surface area (Å²) in [5.74, 6) is 0.0434. The smallest absolute Gasteiger partial charge is 0.220 e. The Morgan fingerprint density at radius 1 is 0.952 bits per heavy atom. The van der Waals surface area contributed by atoms with Crippen LogP contribution in [0.5, 0.6) is 0 Å². The molecule has 0 unspecified atom stereocenters. The normalized spacial score (nSPS) is 11.9. The highest BCUT2D eigenvalue weighted by molar-refractivity contribution is 5.75. The maximum absolute atomic E-state index is 11.3. The first-order chi connectivity index (χ1) is 10.3. The fourth-order valence-electron chi connectivity index (χ4n) is 1.83. The Morgan fingerprint density at radius 2 is 1.62 bits per heavy atom. The maximum atomic E-state index is 11.3. The minimum absolute atomic E-state index is 0.0138. The topological polar surface area (TPSA) is 49.3 Å². The summed E-state index contributed by atoms with van der Waals surface area (Å²) in [7, 11) is 0. The number of hydrogen-bond donors (Lipinski definition) is 2. The molecule has 2 N–H and O–H groups in total. The van der Waals surface area contributed by atoms with Gasteiger partial charge in [0.1, 0.15) is 0 Å². The van der Waals surface area contributed by atoms with E-state index in [2.05, 4.69) is 48.7 Å². The number of nitrogens with one attached hydrogen (secondary N) is 1. The molecule has 0 radical (unpaired) electrons. The third-order valence-electron chi connectivity index (χ3n) is 2.99. The van der Waals surface area contributed by atoms with Gasteiger partial charge in [-0.25, -0.2) is 0 Å². The minimum atomic E-state index is 0.0138. The van der Waals surface area contributed by atoms with Crippen LogP contribution in [0.1, 0.15) is 58.3 Å². The van der Waals surface area contributed by atoms with E-state index in [1.54, 1.807) is 0 Å². The van der Waals surface area contributed by atoms with Crippen molar-refractivity contribution in [2.24, 2.45) is 0 Å². The van der Waals surface area contributed by atoms with Crippen molar-refractivity contribution in [1.29, 1.82) is 0 Å². The second-order valence-corrected chi connectivity index (χ2v) is 4.97. The van der Waals surface area contributed by atoms with Gasteiger partial charge in [-0.05, 0) is 38.5 Å². The van der Waals surface area contributed by atoms with E-state index in [1.165, 1.54) is 0 Å². The number of unbranched alkanes of at least 4 members (excludes halogenated alkanes) is 3. The average molecular weight is 293 g/mol. The van der Waals surface area contributed by atoms with Gasteiger partial charge in [0.05, 0.1) is 6.61 Å². The van der Waals surface area contributed by atoms with Crippen LogP contribution in [0, 0.1) is 0 Å². The van der Waals surface area contributed by atoms with Crippen molar-refractivity contribution >= 4 is 5.91 Å². The summed E-state index contributed by atoms with van der Waals surface area (Å²) in [5.41, 5.74) is 0. The van der Waals surface area contributed by atoms with Crippen molar-refractivity contribution in [3.8, 4) is 0 Å². The molecule has 0 saturated carbocycles. The highest BCUT2D eigenvalue weighted by Crippen LogP contribution is 2.04. The number of hydrogen-bond acceptors (Lipinski definition) is 2. The summed E-state index contributed by atoms with van der Waals surface area (Å²) in [6, 6.07) is 0. The molecular formula is C18H31NO2. The first kappa shape index (κ1) is 19.7. The Morgan fingerprint density at radius 3 is 2.29 bits per heavy atom. The first-order valence-electron chi connectivity index (χ1n) is 8.13. The fourth-order valence-corrected chi connectivity index (χ4v) is 1.83. The Kier molecular flexibility index (Phi) is 15.6. The van der Waals surface area contributed by atoms with E-state index in [0.29, 0.717) is 13.0 Å². The Hall–Kier alpha value is -1.35. The van der Waals surface area contributed by atoms with Gasteiger partial charge in [0, 0.05) is 13.0 Å². The van der Waals surface area contributed by atoms with Crippen molar-refractivity contribution in [2.45, 2.75) is 58.3 Å². The van der Waals surface area contributed by atoms with Gasteiger partial charge in [-0.1, -0.05) is 49.8 Å². The van der Waals surface area contributed by atoms with Crippen LogP contribution < -0.4 is 5.32 Å². The third-order valence-corrected chi connectivity index (χ3v) is 2.99. The highest BCUT2D eigenvalue weighted by Gasteiger charge is 1.98. The van der Waals surface area contributed by atoms with Gasteiger partial charge in [0.15, 0.2) is 0 Å². The van der Waals surface area contributed by atoms with Gasteiger partial charge in [-0.15, -0.1) is 0 Å². The van der Waals surface area contributed by atoms with Crippen LogP contribution in [-0.2, 0) is 4.79 Å². The summed E-state index contributed by atoms with van der Waals surface area (Å²) < 4.78 is 0. The fraction of sp³-hybridized carbons (Fsp3) is 0.611. The van der Waals surface area contributed by atoms with E-state index in [4.69, 9.17) is 5.11 Å². The van der Waals surface area contributed by atoms with E-state index >= 15 is 0 Å². The van der Waals surface area contributed by atoms with E-state index in [9.17, 15) is 4.79 Å². The Bertz CT molecular complexity index is 319. The van der Waals surface area contributed by atoms with Gasteiger partial charge < -0.3 is 10.4 Å². The molecular weight excluding hydrogens is 262 g/mol. The van der Waals surface area contributed by atoms with E-state index in [1.807, 2.05) is 0 Å². The molecule has 0 heterocycles. The quantitative estimate of drug-likeness (QED) is 0.399. The molecule has 0 aromatic carbocycles. The van der Waals surface area contributed by atoms with Crippen LogP contribution in [0.2, 0.25) is 0 Å². The summed E-state index contributed by atoms with van der Waals surface area (Å²) in [6.45, 7) is 2.52. The van der Waals surface area contributed by atoms with E-state index < -0.39 is 0 Å². The van der Waals surface area contributed by atoms with Crippen molar-refractivity contribution in [3.05, 3.63) is 36.5 Å². The lowest BCUT2D eigenvalue weighted by atomic mass is 10.1. The molecule has 21 heavy (non-hydrogen) atoms. The number of amides is 1. The van der Waals surface area contributed by atoms with Crippen LogP contribution in [0.3, 0.4) is 0 Å². The lowest BCUT2D eigenvalue weighted by Gasteiger charge is -2.02. The summed E-state index contributed by atoms with van der Waals surface area (Å²) in [6.07, 6.45) is 21.1. The van der Waals surface area contributed by atoms with Gasteiger partial charge >= 0.3 is 0 Å². The number of aliphatic hydroxyl groups excluding tert-OH is 1. The zero-order chi connectivity index (χ0) is 15.6. The summed E-state index contributed by atoms with van der Waals surface area (Å²) in [5, 5.41) is 11.2. The number of allylic oxidation sites excluding steroid dienone is 6. The molecule has 0 aromatic heterocycles. The SMILES string of the molecule is CC/C=C\C/C=C\C/C=C\CCCCCC(=O)NCCO. The van der Waals surface area contributed by atoms with Crippen molar-refractivity contribution < 1.29 is 9.90 Å². The Labute approximate surface area is 129 Å². The second kappa shape index (κ2) is 16.7. The molecule has 0 fully saturated rings. The monoisotopic (exact) mass is 293 g/mol. The van der Waals surface area contributed by atoms with Gasteiger partial charge in [-0.2, -0.15) is 0 Å². The predicted octanol–water partition coefficient (Wildman–Crippen LogP) is 3.90. The van der Waals surface area contributed by atoms with Gasteiger partial charge in [0.2, 0.25) is 5.91 Å². The average Bonchev–Trinajstić information content (AvgIpc) is 2.49. The molecule has 0 atom stereocenters. The standard InChI is InChI=1S/C18H31NO2/c1-2-3-4-5-6-7-8-9-10-11-12-13-14-15-18(21)19-16-17-20/h3-4,6-7,9-10,20H,2,5,8,11-17H2,1H3,(H,19,21)/b4-3-,7-6-,10-9-. The molecule has 0 aromatic rings. The Balaban J connectivity index is 3.32. The lowest BCUT2D eigenvalue weighted by molar-refractivity contribution is -0.121. The van der Waals surface area contributed by atoms with Gasteiger partial charge in [-0.3, -0.25) is 4.79 Å². The second-order valence-electron chi connectivity index (χ2n) is 4.97. The molecule has 0 aliphatic heterocycles. The summed E-state index contributed by atoms with van der Waals surface area (Å²) >= 11 is 0. The van der Waals surface area contributed by atoms with Crippen LogP contribution in [-0.4, -0.2) is 24.2 Å². The van der Waals surface area contributed by atoms with E-state index in [-0.39, 0.29) is 12.5 Å². The zero-order valence-corrected chi connectivity index (χ0v) is 13.4. The lowest BCUT2D eigenvalue weighted by Crippen LogP contribution is -2.25. The molecule has 0 saturated heterocycles. The molecule has 0 spiro atoms. The highest BCUT2D eigenvalue weighted by atomic mass is 16.3. The number of rotatable bonds is 13. The van der Waals surface area contributed by atoms with Crippen molar-refractivity contribution in [3.63, 3.8) is 0 Å². The summed E-state index contributed by atoms with van der Waals surface area (Å²) in [4.78, 5) is 11.3. The number of aliphatic hydroxyl groups is 1. The van der Waals surface area contributed by atoms with Gasteiger partial charge in [0.25, 0.3) is 0 Å². The molecule has 3 nitrogen and oxygen atoms in total. The van der Waals surface area contributed by atoms with Crippen LogP contribution in [0.25, 0.3) is 0 Å². The van der Waals surface area contributed by atoms with Crippen LogP contribution in [0.4, 0.5) is 0 Å². The maximum Gasteiger partial charge on any atom is 0.220 e. The first-order valence-corrected chi connectivity index (χ1v) is 8.13. The molecule has 1 amide bonds. The molecule has 0 aliphatic rings. The molecule has 120 valence electrons. The van der Waals surface area contributed by atoms with Crippen molar-refractivity contribution in [2.75, 3.05) is 13.2 Å². The minimum Gasteiger partial charge on any atom is -0.395 e. The van der Waals surface area contributed by atoms with Crippen molar-refractivity contribution in [1.82, 2.24) is 5.32 Å². The molecule has 0 bridgehead atoms. The number of carbonyl (C=O) groups excluding carboxylic acids is 1. The number of carbonyl (C=O) groups is 1. The largest absolute Gasteiger partial charge is 0.395 e. The third kappa shape index (κ3) is 16.6. The molecule has 0 rings (SSSR count). The predicted molar refractivity (Wildman–Crippen MR) is 90.1 cm³/mol. The van der Waals surface area contributed by atoms with E-state index in [0.717, 1.165) is 44.9 Å². The molecule has 0 aliphatic carbocycles.